The molecule has 0 aliphatic heterocycles. The van der Waals surface area contributed by atoms with Gasteiger partial charge in [-0.25, -0.2) is 20.1 Å². The maximum absolute atomic E-state index is 10.0. The van der Waals surface area contributed by atoms with Crippen LogP contribution >= 0.6 is 20.1 Å². The monoisotopic (exact) mass is 470 g/mol. The Bertz CT molecular complexity index is 927. The minimum Gasteiger partial charge on any atom is -0.508 e. The van der Waals surface area contributed by atoms with Crippen molar-refractivity contribution in [3.05, 3.63) is 83.9 Å². The average Bonchev–Trinajstić information content (AvgIpc) is 2.76. The van der Waals surface area contributed by atoms with Gasteiger partial charge < -0.3 is 10.2 Å². The van der Waals surface area contributed by atoms with E-state index in [0.717, 1.165) is 48.3 Å². The fraction of sp³-hybridized carbons (Fsp3) is 0.357. The Morgan fingerprint density at radius 3 is 1.22 bits per heavy atom. The van der Waals surface area contributed by atoms with Crippen LogP contribution in [0.2, 0.25) is 0 Å². The van der Waals surface area contributed by atoms with Gasteiger partial charge in [-0.3, -0.25) is 0 Å². The Labute approximate surface area is 197 Å². The van der Waals surface area contributed by atoms with E-state index in [1.54, 1.807) is 12.1 Å². The molecule has 0 fully saturated rings. The van der Waals surface area contributed by atoms with Crippen molar-refractivity contribution in [2.24, 2.45) is 0 Å². The lowest BCUT2D eigenvalue weighted by atomic mass is 10.1. The molecule has 0 atom stereocenters. The smallest absolute Gasteiger partial charge is 0.118 e. The number of hydrogen-bond donors (Lipinski definition) is 2. The molecular weight excluding hydrogens is 432 g/mol. The minimum absolute atomic E-state index is 0.414. The first kappa shape index (κ1) is 24.6. The molecule has 0 bridgehead atoms. The summed E-state index contributed by atoms with van der Waals surface area (Å²) in [6.45, 7) is 0. The fourth-order valence-corrected chi connectivity index (χ4v) is 8.05. The van der Waals surface area contributed by atoms with Crippen LogP contribution in [0.5, 0.6) is 11.5 Å². The van der Waals surface area contributed by atoms with Crippen LogP contribution in [0, 0.1) is 0 Å². The molecule has 0 radical (unpaired) electrons. The predicted molar refractivity (Wildman–Crippen MR) is 144 cm³/mol. The van der Waals surface area contributed by atoms with Crippen LogP contribution in [0.4, 0.5) is 0 Å². The van der Waals surface area contributed by atoms with E-state index in [4.69, 9.17) is 0 Å². The van der Waals surface area contributed by atoms with Crippen LogP contribution in [0.3, 0.4) is 0 Å². The topological polar surface area (TPSA) is 40.5 Å². The lowest BCUT2D eigenvalue weighted by Gasteiger charge is -2.35. The SMILES string of the molecule is CS(C)(CCCc1ccccc1O)c1ccc(S(C)(C)CCCc2ccccc2O)cc1. The molecule has 3 aromatic rings. The lowest BCUT2D eigenvalue weighted by Crippen LogP contribution is -2.06. The van der Waals surface area contributed by atoms with Crippen molar-refractivity contribution < 1.29 is 10.2 Å². The zero-order valence-corrected chi connectivity index (χ0v) is 21.5. The molecule has 0 aliphatic rings. The second-order valence-corrected chi connectivity index (χ2v) is 17.3. The first-order valence-electron chi connectivity index (χ1n) is 11.2. The number of phenolic OH excluding ortho intramolecular Hbond substituents is 2. The van der Waals surface area contributed by atoms with Gasteiger partial charge in [0.05, 0.1) is 0 Å². The second kappa shape index (κ2) is 10.7. The molecule has 0 saturated heterocycles. The summed E-state index contributed by atoms with van der Waals surface area (Å²) >= 11 is 0. The van der Waals surface area contributed by atoms with E-state index in [9.17, 15) is 10.2 Å². The average molecular weight is 471 g/mol. The largest absolute Gasteiger partial charge is 0.508 e. The molecule has 3 aromatic carbocycles. The molecule has 32 heavy (non-hydrogen) atoms. The molecule has 0 spiro atoms. The van der Waals surface area contributed by atoms with E-state index in [1.165, 1.54) is 9.79 Å². The van der Waals surface area contributed by atoms with Gasteiger partial charge in [0, 0.05) is 0 Å². The van der Waals surface area contributed by atoms with Gasteiger partial charge in [0.2, 0.25) is 0 Å². The summed E-state index contributed by atoms with van der Waals surface area (Å²) < 4.78 is 0. The summed E-state index contributed by atoms with van der Waals surface area (Å²) in [7, 11) is -1.73. The quantitative estimate of drug-likeness (QED) is 0.329. The fourth-order valence-electron chi connectivity index (χ4n) is 4.10. The molecule has 0 saturated carbocycles. The second-order valence-electron chi connectivity index (χ2n) is 9.42. The van der Waals surface area contributed by atoms with E-state index in [1.807, 2.05) is 36.4 Å². The van der Waals surface area contributed by atoms with Crippen molar-refractivity contribution in [3.8, 4) is 11.5 Å². The number of aryl methyl sites for hydroxylation is 2. The summed E-state index contributed by atoms with van der Waals surface area (Å²) in [5, 5.41) is 20.0. The van der Waals surface area contributed by atoms with Crippen molar-refractivity contribution in [2.45, 2.75) is 35.5 Å². The molecular formula is C28H38O2S2. The summed E-state index contributed by atoms with van der Waals surface area (Å²) in [5.41, 5.74) is 2.10. The highest BCUT2D eigenvalue weighted by atomic mass is 32.3. The number of benzene rings is 3. The molecule has 3 rings (SSSR count). The van der Waals surface area contributed by atoms with Gasteiger partial charge in [0.25, 0.3) is 0 Å². The van der Waals surface area contributed by atoms with Crippen LogP contribution in [0.15, 0.2) is 82.6 Å². The molecule has 0 aromatic heterocycles. The predicted octanol–water partition coefficient (Wildman–Crippen LogP) is 7.21. The van der Waals surface area contributed by atoms with Gasteiger partial charge in [-0.15, -0.1) is 0 Å². The molecule has 2 nitrogen and oxygen atoms in total. The Balaban J connectivity index is 1.56. The lowest BCUT2D eigenvalue weighted by molar-refractivity contribution is 0.467. The summed E-state index contributed by atoms with van der Waals surface area (Å²) in [4.78, 5) is 2.92. The molecule has 0 aliphatic carbocycles. The minimum atomic E-state index is -0.863. The number of para-hydroxylation sites is 2. The maximum atomic E-state index is 10.0. The van der Waals surface area contributed by atoms with Crippen molar-refractivity contribution in [1.29, 1.82) is 0 Å². The first-order chi connectivity index (χ1) is 15.2. The standard InChI is InChI=1S/C28H38O2S2/c1-31(2,21-9-13-23-11-5-7-15-27(23)29)25-17-19-26(20-18-25)32(3,4)22-10-14-24-12-6-8-16-28(24)30/h5-8,11-12,15-20,29-30H,9-10,13-14,21-22H2,1-4H3. The third-order valence-electron chi connectivity index (χ3n) is 6.28. The van der Waals surface area contributed by atoms with Crippen molar-refractivity contribution in [3.63, 3.8) is 0 Å². The van der Waals surface area contributed by atoms with Gasteiger partial charge in [0.15, 0.2) is 0 Å². The van der Waals surface area contributed by atoms with Crippen molar-refractivity contribution >= 4 is 20.1 Å². The van der Waals surface area contributed by atoms with E-state index < -0.39 is 20.1 Å². The number of hydrogen-bond acceptors (Lipinski definition) is 2. The zero-order valence-electron chi connectivity index (χ0n) is 19.9. The van der Waals surface area contributed by atoms with Gasteiger partial charge in [0.1, 0.15) is 11.5 Å². The summed E-state index contributed by atoms with van der Waals surface area (Å²) in [6.07, 6.45) is 13.6. The number of rotatable bonds is 10. The van der Waals surface area contributed by atoms with E-state index in [-0.39, 0.29) is 0 Å². The van der Waals surface area contributed by atoms with Crippen LogP contribution in [0.1, 0.15) is 24.0 Å². The highest BCUT2D eigenvalue weighted by Gasteiger charge is 2.18. The van der Waals surface area contributed by atoms with Crippen LogP contribution in [-0.2, 0) is 12.8 Å². The third kappa shape index (κ3) is 6.49. The molecule has 0 amide bonds. The Morgan fingerprint density at radius 1 is 0.531 bits per heavy atom. The normalized spacial score (nSPS) is 13.1. The molecule has 0 unspecified atom stereocenters. The highest BCUT2D eigenvalue weighted by molar-refractivity contribution is 8.33. The maximum Gasteiger partial charge on any atom is 0.118 e. The van der Waals surface area contributed by atoms with E-state index >= 15 is 0 Å². The highest BCUT2D eigenvalue weighted by Crippen LogP contribution is 2.53. The van der Waals surface area contributed by atoms with Crippen molar-refractivity contribution in [1.82, 2.24) is 0 Å². The summed E-state index contributed by atoms with van der Waals surface area (Å²) in [6, 6.07) is 24.8. The van der Waals surface area contributed by atoms with Gasteiger partial charge in [-0.1, -0.05) is 36.4 Å². The van der Waals surface area contributed by atoms with Gasteiger partial charge in [-0.05, 0) is 120 Å². The number of phenols is 2. The first-order valence-corrected chi connectivity index (χ1v) is 16.5. The van der Waals surface area contributed by atoms with E-state index in [0.29, 0.717) is 11.5 Å². The van der Waals surface area contributed by atoms with Crippen molar-refractivity contribution in [2.75, 3.05) is 36.5 Å². The molecule has 4 heteroatoms. The Kier molecular flexibility index (Phi) is 8.24. The molecule has 174 valence electrons. The molecule has 0 heterocycles. The van der Waals surface area contributed by atoms with E-state index in [2.05, 4.69) is 49.3 Å². The Morgan fingerprint density at radius 2 is 0.875 bits per heavy atom. The number of aromatic hydroxyl groups is 2. The van der Waals surface area contributed by atoms with Crippen LogP contribution in [-0.4, -0.2) is 46.7 Å². The van der Waals surface area contributed by atoms with Crippen LogP contribution < -0.4 is 0 Å². The van der Waals surface area contributed by atoms with Crippen LogP contribution in [0.25, 0.3) is 0 Å². The Hall–Kier alpha value is -2.04. The van der Waals surface area contributed by atoms with Gasteiger partial charge in [-0.2, -0.15) is 0 Å². The zero-order chi connectivity index (χ0) is 23.2. The summed E-state index contributed by atoms with van der Waals surface area (Å²) in [5.74, 6) is 3.16. The van der Waals surface area contributed by atoms with Gasteiger partial charge >= 0.3 is 0 Å². The third-order valence-corrected chi connectivity index (χ3v) is 12.0. The molecule has 2 N–H and O–H groups in total.